The third kappa shape index (κ3) is 3.95. The van der Waals surface area contributed by atoms with Gasteiger partial charge in [-0.3, -0.25) is 4.79 Å². The molecule has 22 heavy (non-hydrogen) atoms. The summed E-state index contributed by atoms with van der Waals surface area (Å²) < 4.78 is 5.05. The predicted molar refractivity (Wildman–Crippen MR) is 86.0 cm³/mol. The van der Waals surface area contributed by atoms with Gasteiger partial charge in [-0.25, -0.2) is 4.79 Å². The predicted octanol–water partition coefficient (Wildman–Crippen LogP) is 3.41. The fourth-order valence-corrected chi connectivity index (χ4v) is 2.17. The Bertz CT molecular complexity index is 687. The van der Waals surface area contributed by atoms with Crippen LogP contribution in [0.4, 0.5) is 5.69 Å². The summed E-state index contributed by atoms with van der Waals surface area (Å²) in [5, 5.41) is 2.78. The summed E-state index contributed by atoms with van der Waals surface area (Å²) in [6.07, 6.45) is 0. The van der Waals surface area contributed by atoms with Crippen molar-refractivity contribution in [3.63, 3.8) is 0 Å². The fraction of sp³-hybridized carbons (Fsp3) is 0.222. The minimum absolute atomic E-state index is 0.305. The lowest BCUT2D eigenvalue weighted by atomic mass is 10.1. The largest absolute Gasteiger partial charge is 0.452 e. The van der Waals surface area contributed by atoms with Crippen LogP contribution in [0.3, 0.4) is 0 Å². The molecule has 0 saturated carbocycles. The number of nitrogens with one attached hydrogen (secondary N) is 1. The van der Waals surface area contributed by atoms with E-state index in [1.54, 1.807) is 18.2 Å². The number of esters is 1. The first kappa shape index (κ1) is 15.8. The van der Waals surface area contributed by atoms with Gasteiger partial charge in [0.15, 0.2) is 6.61 Å². The number of anilines is 1. The normalized spacial score (nSPS) is 10.1. The maximum atomic E-state index is 11.9. The molecule has 0 aliphatic carbocycles. The summed E-state index contributed by atoms with van der Waals surface area (Å²) in [4.78, 5) is 23.8. The number of benzene rings is 2. The van der Waals surface area contributed by atoms with Gasteiger partial charge in [0.25, 0.3) is 5.91 Å². The van der Waals surface area contributed by atoms with Crippen molar-refractivity contribution in [3.05, 3.63) is 64.7 Å². The van der Waals surface area contributed by atoms with Crippen LogP contribution in [0.25, 0.3) is 0 Å². The molecule has 2 aromatic carbocycles. The Kier molecular flexibility index (Phi) is 4.94. The van der Waals surface area contributed by atoms with Gasteiger partial charge in [0, 0.05) is 5.69 Å². The van der Waals surface area contributed by atoms with Crippen molar-refractivity contribution >= 4 is 17.6 Å². The van der Waals surface area contributed by atoms with Crippen molar-refractivity contribution < 1.29 is 14.3 Å². The van der Waals surface area contributed by atoms with Crippen molar-refractivity contribution in [2.45, 2.75) is 20.8 Å². The lowest BCUT2D eigenvalue weighted by molar-refractivity contribution is -0.119. The highest BCUT2D eigenvalue weighted by Gasteiger charge is 2.12. The fourth-order valence-electron chi connectivity index (χ4n) is 2.17. The number of ether oxygens (including phenoxy) is 1. The van der Waals surface area contributed by atoms with Gasteiger partial charge in [0.2, 0.25) is 0 Å². The summed E-state index contributed by atoms with van der Waals surface area (Å²) in [6, 6.07) is 12.8. The molecular weight excluding hydrogens is 278 g/mol. The van der Waals surface area contributed by atoms with Crippen LogP contribution in [-0.2, 0) is 9.53 Å². The summed E-state index contributed by atoms with van der Waals surface area (Å²) in [6.45, 7) is 5.42. The standard InChI is InChI=1S/C18H19NO3/c1-12-6-4-9-15(10-12)18(21)22-11-16(20)19-17-13(2)7-5-8-14(17)3/h4-10H,11H2,1-3H3,(H,19,20). The van der Waals surface area contributed by atoms with E-state index in [0.29, 0.717) is 5.56 Å². The second kappa shape index (κ2) is 6.89. The van der Waals surface area contributed by atoms with Gasteiger partial charge in [-0.1, -0.05) is 35.9 Å². The first-order valence-corrected chi connectivity index (χ1v) is 7.07. The zero-order valence-electron chi connectivity index (χ0n) is 13.0. The average molecular weight is 297 g/mol. The molecule has 0 saturated heterocycles. The van der Waals surface area contributed by atoms with Gasteiger partial charge >= 0.3 is 5.97 Å². The third-order valence-electron chi connectivity index (χ3n) is 3.33. The van der Waals surface area contributed by atoms with E-state index in [-0.39, 0.29) is 12.5 Å². The lowest BCUT2D eigenvalue weighted by Crippen LogP contribution is -2.21. The molecule has 1 N–H and O–H groups in total. The SMILES string of the molecule is Cc1cccc(C(=O)OCC(=O)Nc2c(C)cccc2C)c1. The zero-order chi connectivity index (χ0) is 16.1. The molecule has 0 spiro atoms. The van der Waals surface area contributed by atoms with Gasteiger partial charge in [0.1, 0.15) is 0 Å². The Hall–Kier alpha value is -2.62. The number of carbonyl (C=O) groups excluding carboxylic acids is 2. The Labute approximate surface area is 130 Å². The molecule has 0 atom stereocenters. The van der Waals surface area contributed by atoms with E-state index < -0.39 is 5.97 Å². The van der Waals surface area contributed by atoms with Gasteiger partial charge in [-0.15, -0.1) is 0 Å². The van der Waals surface area contributed by atoms with Gasteiger partial charge in [-0.05, 0) is 44.0 Å². The minimum Gasteiger partial charge on any atom is -0.452 e. The Morgan fingerprint density at radius 3 is 2.27 bits per heavy atom. The number of carbonyl (C=O) groups is 2. The first-order chi connectivity index (χ1) is 10.5. The zero-order valence-corrected chi connectivity index (χ0v) is 13.0. The van der Waals surface area contributed by atoms with Crippen LogP contribution in [0, 0.1) is 20.8 Å². The van der Waals surface area contributed by atoms with Crippen LogP contribution in [0.5, 0.6) is 0 Å². The van der Waals surface area contributed by atoms with Gasteiger partial charge < -0.3 is 10.1 Å². The van der Waals surface area contributed by atoms with E-state index in [0.717, 1.165) is 22.4 Å². The number of hydrogen-bond donors (Lipinski definition) is 1. The molecule has 0 aromatic heterocycles. The molecule has 0 bridgehead atoms. The topological polar surface area (TPSA) is 55.4 Å². The van der Waals surface area contributed by atoms with Crippen molar-refractivity contribution in [1.29, 1.82) is 0 Å². The molecule has 4 heteroatoms. The molecular formula is C18H19NO3. The summed E-state index contributed by atoms with van der Waals surface area (Å²) in [7, 11) is 0. The molecule has 2 aromatic rings. The molecule has 0 fully saturated rings. The molecule has 4 nitrogen and oxygen atoms in total. The van der Waals surface area contributed by atoms with Crippen molar-refractivity contribution in [2.75, 3.05) is 11.9 Å². The average Bonchev–Trinajstić information content (AvgIpc) is 2.48. The highest BCUT2D eigenvalue weighted by Crippen LogP contribution is 2.19. The van der Waals surface area contributed by atoms with Crippen molar-refractivity contribution in [3.8, 4) is 0 Å². The van der Waals surface area contributed by atoms with Crippen LogP contribution in [0.2, 0.25) is 0 Å². The number of para-hydroxylation sites is 1. The first-order valence-electron chi connectivity index (χ1n) is 7.07. The van der Waals surface area contributed by atoms with E-state index in [4.69, 9.17) is 4.74 Å². The molecule has 0 aliphatic rings. The van der Waals surface area contributed by atoms with E-state index in [1.165, 1.54) is 0 Å². The molecule has 2 rings (SSSR count). The molecule has 0 radical (unpaired) electrons. The van der Waals surface area contributed by atoms with Gasteiger partial charge in [0.05, 0.1) is 5.56 Å². The minimum atomic E-state index is -0.500. The van der Waals surface area contributed by atoms with Crippen molar-refractivity contribution in [1.82, 2.24) is 0 Å². The molecule has 1 amide bonds. The monoisotopic (exact) mass is 297 g/mol. The van der Waals surface area contributed by atoms with Crippen LogP contribution in [-0.4, -0.2) is 18.5 Å². The second-order valence-corrected chi connectivity index (χ2v) is 5.26. The molecule has 114 valence electrons. The lowest BCUT2D eigenvalue weighted by Gasteiger charge is -2.11. The van der Waals surface area contributed by atoms with Crippen LogP contribution in [0.15, 0.2) is 42.5 Å². The van der Waals surface area contributed by atoms with E-state index in [2.05, 4.69) is 5.32 Å². The number of amides is 1. The van der Waals surface area contributed by atoms with E-state index in [1.807, 2.05) is 45.0 Å². The summed E-state index contributed by atoms with van der Waals surface area (Å²) >= 11 is 0. The molecule has 0 unspecified atom stereocenters. The summed E-state index contributed by atoms with van der Waals surface area (Å²) in [5.74, 6) is -0.848. The van der Waals surface area contributed by atoms with E-state index in [9.17, 15) is 9.59 Å². The third-order valence-corrected chi connectivity index (χ3v) is 3.33. The quantitative estimate of drug-likeness (QED) is 0.880. The Morgan fingerprint density at radius 2 is 1.64 bits per heavy atom. The van der Waals surface area contributed by atoms with Crippen LogP contribution < -0.4 is 5.32 Å². The van der Waals surface area contributed by atoms with Crippen LogP contribution >= 0.6 is 0 Å². The summed E-state index contributed by atoms with van der Waals surface area (Å²) in [5.41, 5.74) is 4.12. The smallest absolute Gasteiger partial charge is 0.338 e. The number of aryl methyl sites for hydroxylation is 3. The maximum absolute atomic E-state index is 11.9. The van der Waals surface area contributed by atoms with E-state index >= 15 is 0 Å². The second-order valence-electron chi connectivity index (χ2n) is 5.26. The highest BCUT2D eigenvalue weighted by molar-refractivity contribution is 5.96. The Balaban J connectivity index is 1.94. The maximum Gasteiger partial charge on any atom is 0.338 e. The molecule has 0 aliphatic heterocycles. The number of hydrogen-bond acceptors (Lipinski definition) is 3. The van der Waals surface area contributed by atoms with Gasteiger partial charge in [-0.2, -0.15) is 0 Å². The number of rotatable bonds is 4. The van der Waals surface area contributed by atoms with Crippen LogP contribution in [0.1, 0.15) is 27.0 Å². The Morgan fingerprint density at radius 1 is 1.00 bits per heavy atom. The molecule has 0 heterocycles. The highest BCUT2D eigenvalue weighted by atomic mass is 16.5. The van der Waals surface area contributed by atoms with Crippen molar-refractivity contribution in [2.24, 2.45) is 0 Å².